The van der Waals surface area contributed by atoms with Gasteiger partial charge < -0.3 is 10.9 Å². The van der Waals surface area contributed by atoms with E-state index in [1.165, 1.54) is 23.1 Å². The van der Waals surface area contributed by atoms with Gasteiger partial charge in [0.25, 0.3) is 0 Å². The van der Waals surface area contributed by atoms with Crippen molar-refractivity contribution in [2.75, 3.05) is 0 Å². The molecule has 94 valence electrons. The lowest BCUT2D eigenvalue weighted by Crippen LogP contribution is -2.14. The number of nitrogens with two attached hydrogens (primary N) is 1. The third kappa shape index (κ3) is 2.74. The average molecular weight is 301 g/mol. The van der Waals surface area contributed by atoms with Crippen LogP contribution in [0.4, 0.5) is 0 Å². The molecule has 0 atom stereocenters. The summed E-state index contributed by atoms with van der Waals surface area (Å²) >= 11 is 9.03. The lowest BCUT2D eigenvalue weighted by Gasteiger charge is -2.05. The molecule has 0 saturated carbocycles. The van der Waals surface area contributed by atoms with Crippen molar-refractivity contribution in [1.82, 2.24) is 9.97 Å². The van der Waals surface area contributed by atoms with Crippen LogP contribution in [0.25, 0.3) is 0 Å². The van der Waals surface area contributed by atoms with E-state index in [0.717, 1.165) is 10.0 Å². The Morgan fingerprint density at radius 3 is 3.00 bits per heavy atom. The first-order valence-electron chi connectivity index (χ1n) is 4.84. The van der Waals surface area contributed by atoms with Crippen molar-refractivity contribution in [1.29, 1.82) is 0 Å². The number of oxime groups is 1. The van der Waals surface area contributed by atoms with Gasteiger partial charge in [0.05, 0.1) is 5.02 Å². The number of halogens is 1. The Kier molecular flexibility index (Phi) is 4.05. The highest BCUT2D eigenvalue weighted by molar-refractivity contribution is 8.01. The zero-order chi connectivity index (χ0) is 13.1. The molecule has 0 aliphatic carbocycles. The summed E-state index contributed by atoms with van der Waals surface area (Å²) in [6, 6.07) is 1.59. The molecular weight excluding hydrogens is 292 g/mol. The largest absolute Gasteiger partial charge is 0.409 e. The highest BCUT2D eigenvalue weighted by atomic mass is 35.5. The molecule has 2 rings (SSSR count). The lowest BCUT2D eigenvalue weighted by molar-refractivity contribution is 0.318. The zero-order valence-electron chi connectivity index (χ0n) is 9.29. The summed E-state index contributed by atoms with van der Waals surface area (Å²) in [5, 5.41) is 14.5. The van der Waals surface area contributed by atoms with E-state index in [1.807, 2.05) is 12.3 Å². The first kappa shape index (κ1) is 13.1. The minimum absolute atomic E-state index is 0.0421. The molecule has 0 aliphatic heterocycles. The number of hydrogen-bond acceptors (Lipinski definition) is 6. The van der Waals surface area contributed by atoms with E-state index in [0.29, 0.717) is 15.6 Å². The second-order valence-electron chi connectivity index (χ2n) is 3.32. The van der Waals surface area contributed by atoms with Crippen LogP contribution in [0.1, 0.15) is 11.3 Å². The molecule has 0 radical (unpaired) electrons. The lowest BCUT2D eigenvalue weighted by atomic mass is 10.2. The van der Waals surface area contributed by atoms with E-state index in [2.05, 4.69) is 15.1 Å². The van der Waals surface area contributed by atoms with E-state index < -0.39 is 0 Å². The third-order valence-electron chi connectivity index (χ3n) is 2.02. The Morgan fingerprint density at radius 2 is 2.39 bits per heavy atom. The number of aryl methyl sites for hydroxylation is 1. The van der Waals surface area contributed by atoms with Crippen molar-refractivity contribution in [3.63, 3.8) is 0 Å². The van der Waals surface area contributed by atoms with Crippen molar-refractivity contribution in [2.45, 2.75) is 16.3 Å². The van der Waals surface area contributed by atoms with Crippen LogP contribution < -0.4 is 5.73 Å². The predicted octanol–water partition coefficient (Wildman–Crippen LogP) is 2.75. The number of nitrogens with zero attached hydrogens (tertiary/aromatic N) is 3. The molecule has 0 fully saturated rings. The van der Waals surface area contributed by atoms with Crippen molar-refractivity contribution in [3.8, 4) is 0 Å². The standard InChI is InChI=1S/C10H9ClN4OS2/c1-5-4-17-10(14-5)18-9-7(11)6(2-3-13-9)8(12)15-16/h2-4,16H,1H3,(H2,12,15). The Morgan fingerprint density at radius 1 is 1.61 bits per heavy atom. The van der Waals surface area contributed by atoms with Gasteiger partial charge in [0.2, 0.25) is 0 Å². The summed E-state index contributed by atoms with van der Waals surface area (Å²) in [5.74, 6) is -0.0421. The molecule has 3 N–H and O–H groups in total. The molecule has 18 heavy (non-hydrogen) atoms. The molecule has 0 saturated heterocycles. The van der Waals surface area contributed by atoms with Crippen LogP contribution in [0.5, 0.6) is 0 Å². The fraction of sp³-hybridized carbons (Fsp3) is 0.100. The maximum Gasteiger partial charge on any atom is 0.171 e. The molecule has 8 heteroatoms. The molecule has 0 aromatic carbocycles. The van der Waals surface area contributed by atoms with E-state index >= 15 is 0 Å². The van der Waals surface area contributed by atoms with Gasteiger partial charge in [-0.3, -0.25) is 0 Å². The van der Waals surface area contributed by atoms with Crippen LogP contribution >= 0.6 is 34.7 Å². The highest BCUT2D eigenvalue weighted by Crippen LogP contribution is 2.34. The average Bonchev–Trinajstić information content (AvgIpc) is 2.76. The summed E-state index contributed by atoms with van der Waals surface area (Å²) in [5.41, 5.74) is 6.93. The molecule has 0 spiro atoms. The van der Waals surface area contributed by atoms with Crippen molar-refractivity contribution in [3.05, 3.63) is 33.9 Å². The molecule has 0 amide bonds. The Bertz CT molecular complexity index is 599. The maximum atomic E-state index is 8.66. The molecule has 0 unspecified atom stereocenters. The van der Waals surface area contributed by atoms with Crippen LogP contribution in [-0.4, -0.2) is 21.0 Å². The molecule has 2 aromatic rings. The summed E-state index contributed by atoms with van der Waals surface area (Å²) in [6.45, 7) is 1.92. The summed E-state index contributed by atoms with van der Waals surface area (Å²) in [4.78, 5) is 8.48. The second kappa shape index (κ2) is 5.55. The number of rotatable bonds is 3. The first-order chi connectivity index (χ1) is 8.61. The third-order valence-corrected chi connectivity index (χ3v) is 4.58. The van der Waals surface area contributed by atoms with E-state index in [-0.39, 0.29) is 5.84 Å². The summed E-state index contributed by atoms with van der Waals surface area (Å²) in [6.07, 6.45) is 1.56. The Balaban J connectivity index is 2.34. The molecular formula is C10H9ClN4OS2. The SMILES string of the molecule is Cc1csc(Sc2nccc(/C(N)=N/O)c2Cl)n1. The molecule has 2 aromatic heterocycles. The van der Waals surface area contributed by atoms with E-state index in [9.17, 15) is 0 Å². The van der Waals surface area contributed by atoms with Gasteiger partial charge in [-0.15, -0.1) is 11.3 Å². The van der Waals surface area contributed by atoms with Gasteiger partial charge >= 0.3 is 0 Å². The number of amidine groups is 1. The van der Waals surface area contributed by atoms with Crippen molar-refractivity contribution in [2.24, 2.45) is 10.9 Å². The number of aromatic nitrogens is 2. The normalized spacial score (nSPS) is 11.8. The summed E-state index contributed by atoms with van der Waals surface area (Å²) < 4.78 is 0.846. The quantitative estimate of drug-likeness (QED) is 0.394. The second-order valence-corrected chi connectivity index (χ2v) is 5.79. The number of thiazole rings is 1. The summed E-state index contributed by atoms with van der Waals surface area (Å²) in [7, 11) is 0. The van der Waals surface area contributed by atoms with Gasteiger partial charge in [-0.1, -0.05) is 16.8 Å². The Hall–Kier alpha value is -1.31. The fourth-order valence-electron chi connectivity index (χ4n) is 1.21. The number of hydrogen-bond donors (Lipinski definition) is 2. The zero-order valence-corrected chi connectivity index (χ0v) is 11.7. The topological polar surface area (TPSA) is 84.4 Å². The smallest absolute Gasteiger partial charge is 0.171 e. The van der Waals surface area contributed by atoms with Crippen LogP contribution in [-0.2, 0) is 0 Å². The molecule has 0 aliphatic rings. The number of pyridine rings is 1. The van der Waals surface area contributed by atoms with Gasteiger partial charge in [0.1, 0.15) is 5.03 Å². The van der Waals surface area contributed by atoms with Crippen LogP contribution in [0.3, 0.4) is 0 Å². The van der Waals surface area contributed by atoms with Crippen LogP contribution in [0, 0.1) is 6.92 Å². The van der Waals surface area contributed by atoms with Crippen LogP contribution in [0.15, 0.2) is 32.2 Å². The highest BCUT2D eigenvalue weighted by Gasteiger charge is 2.13. The van der Waals surface area contributed by atoms with E-state index in [1.54, 1.807) is 12.3 Å². The maximum absolute atomic E-state index is 8.66. The molecule has 0 bridgehead atoms. The van der Waals surface area contributed by atoms with Crippen molar-refractivity contribution >= 4 is 40.5 Å². The van der Waals surface area contributed by atoms with Gasteiger partial charge in [-0.2, -0.15) is 0 Å². The monoisotopic (exact) mass is 300 g/mol. The van der Waals surface area contributed by atoms with Crippen LogP contribution in [0.2, 0.25) is 5.02 Å². The first-order valence-corrected chi connectivity index (χ1v) is 6.91. The molecule has 2 heterocycles. The van der Waals surface area contributed by atoms with Gasteiger partial charge in [0.15, 0.2) is 10.2 Å². The predicted molar refractivity (Wildman–Crippen MR) is 72.7 cm³/mol. The van der Waals surface area contributed by atoms with Crippen molar-refractivity contribution < 1.29 is 5.21 Å². The molecule has 5 nitrogen and oxygen atoms in total. The fourth-order valence-corrected chi connectivity index (χ4v) is 3.30. The van der Waals surface area contributed by atoms with Gasteiger partial charge in [-0.25, -0.2) is 9.97 Å². The Labute approximate surface area is 117 Å². The van der Waals surface area contributed by atoms with Gasteiger partial charge in [0, 0.05) is 22.8 Å². The minimum Gasteiger partial charge on any atom is -0.409 e. The van der Waals surface area contributed by atoms with Gasteiger partial charge in [-0.05, 0) is 24.8 Å². The van der Waals surface area contributed by atoms with E-state index in [4.69, 9.17) is 22.5 Å². The minimum atomic E-state index is -0.0421.